The van der Waals surface area contributed by atoms with Gasteiger partial charge in [-0.15, -0.1) is 5.10 Å². The number of hydrogen-bond acceptors (Lipinski definition) is 4. The Morgan fingerprint density at radius 2 is 2.05 bits per heavy atom. The molecule has 0 bridgehead atoms. The molecular formula is C15H21N3S. The minimum absolute atomic E-state index is 0.303. The van der Waals surface area contributed by atoms with Crippen molar-refractivity contribution in [1.29, 1.82) is 0 Å². The van der Waals surface area contributed by atoms with E-state index in [-0.39, 0.29) is 0 Å². The van der Waals surface area contributed by atoms with Crippen LogP contribution in [-0.2, 0) is 12.8 Å². The summed E-state index contributed by atoms with van der Waals surface area (Å²) in [4.78, 5) is 1.27. The molecule has 0 spiro atoms. The number of aromatic nitrogens is 2. The quantitative estimate of drug-likeness (QED) is 0.910. The van der Waals surface area contributed by atoms with E-state index in [2.05, 4.69) is 53.9 Å². The molecule has 1 aromatic carbocycles. The maximum atomic E-state index is 4.21. The van der Waals surface area contributed by atoms with Crippen LogP contribution in [0.2, 0.25) is 0 Å². The number of nitrogens with one attached hydrogen (secondary N) is 1. The molecule has 0 saturated heterocycles. The molecule has 0 aliphatic carbocycles. The predicted molar refractivity (Wildman–Crippen MR) is 80.7 cm³/mol. The van der Waals surface area contributed by atoms with E-state index in [1.807, 2.05) is 7.05 Å². The molecule has 1 atom stereocenters. The largest absolute Gasteiger partial charge is 0.312 e. The maximum absolute atomic E-state index is 4.21. The first-order chi connectivity index (χ1) is 9.15. The van der Waals surface area contributed by atoms with Gasteiger partial charge in [-0.2, -0.15) is 0 Å². The molecule has 0 saturated carbocycles. The zero-order valence-corrected chi connectivity index (χ0v) is 12.8. The number of aryl methyl sites for hydroxylation is 3. The fourth-order valence-electron chi connectivity index (χ4n) is 2.22. The zero-order chi connectivity index (χ0) is 13.8. The smallest absolute Gasteiger partial charge is 0.0801 e. The van der Waals surface area contributed by atoms with Crippen molar-refractivity contribution in [1.82, 2.24) is 14.9 Å². The first kappa shape index (κ1) is 14.2. The van der Waals surface area contributed by atoms with Crippen molar-refractivity contribution in [3.63, 3.8) is 0 Å². The molecule has 3 nitrogen and oxygen atoms in total. The Kier molecular flexibility index (Phi) is 4.66. The Balaban J connectivity index is 2.21. The van der Waals surface area contributed by atoms with Crippen molar-refractivity contribution < 1.29 is 0 Å². The fourth-order valence-corrected chi connectivity index (χ4v) is 3.06. The van der Waals surface area contributed by atoms with E-state index in [9.17, 15) is 0 Å². The molecule has 2 rings (SSSR count). The van der Waals surface area contributed by atoms with Crippen molar-refractivity contribution in [2.24, 2.45) is 0 Å². The van der Waals surface area contributed by atoms with E-state index >= 15 is 0 Å². The van der Waals surface area contributed by atoms with E-state index in [0.29, 0.717) is 6.04 Å². The lowest BCUT2D eigenvalue weighted by Crippen LogP contribution is -2.19. The van der Waals surface area contributed by atoms with E-state index in [1.54, 1.807) is 0 Å². The molecule has 102 valence electrons. The molecule has 1 heterocycles. The Morgan fingerprint density at radius 3 is 2.68 bits per heavy atom. The van der Waals surface area contributed by atoms with Crippen LogP contribution in [0.1, 0.15) is 40.2 Å². The molecule has 0 radical (unpaired) electrons. The summed E-state index contributed by atoms with van der Waals surface area (Å²) in [5, 5.41) is 7.60. The van der Waals surface area contributed by atoms with Gasteiger partial charge in [0.15, 0.2) is 0 Å². The average Bonchev–Trinajstić information content (AvgIpc) is 2.88. The highest BCUT2D eigenvalue weighted by Gasteiger charge is 2.17. The van der Waals surface area contributed by atoms with Crippen LogP contribution in [0, 0.1) is 13.8 Å². The lowest BCUT2D eigenvalue weighted by atomic mass is 9.99. The van der Waals surface area contributed by atoms with Crippen LogP contribution in [0.4, 0.5) is 0 Å². The lowest BCUT2D eigenvalue weighted by Gasteiger charge is -2.16. The van der Waals surface area contributed by atoms with Crippen LogP contribution in [0.15, 0.2) is 18.2 Å². The summed E-state index contributed by atoms with van der Waals surface area (Å²) >= 11 is 1.51. The number of likely N-dealkylation sites (N-methyl/N-ethyl adjacent to an activating group) is 1. The Bertz CT molecular complexity index is 548. The second-order valence-corrected chi connectivity index (χ2v) is 5.69. The summed E-state index contributed by atoms with van der Waals surface area (Å²) in [7, 11) is 2.00. The van der Waals surface area contributed by atoms with Gasteiger partial charge in [0.2, 0.25) is 0 Å². The minimum atomic E-state index is 0.303. The summed E-state index contributed by atoms with van der Waals surface area (Å²) in [6, 6.07) is 6.99. The second-order valence-electron chi connectivity index (χ2n) is 4.90. The molecule has 0 aliphatic rings. The predicted octanol–water partition coefficient (Wildman–Crippen LogP) is 3.22. The highest BCUT2D eigenvalue weighted by atomic mass is 32.1. The third kappa shape index (κ3) is 3.19. The molecule has 2 aromatic rings. The average molecular weight is 275 g/mol. The number of nitrogens with zero attached hydrogens (tertiary/aromatic N) is 2. The SMILES string of the molecule is CCc1nnsc1C(Cc1ccc(C)c(C)c1)NC. The summed E-state index contributed by atoms with van der Waals surface area (Å²) in [5.41, 5.74) is 5.18. The third-order valence-corrected chi connectivity index (χ3v) is 4.48. The van der Waals surface area contributed by atoms with Gasteiger partial charge in [0.05, 0.1) is 10.6 Å². The number of benzene rings is 1. The molecule has 0 amide bonds. The Hall–Kier alpha value is -1.26. The second kappa shape index (κ2) is 6.26. The topological polar surface area (TPSA) is 37.8 Å². The van der Waals surface area contributed by atoms with E-state index in [0.717, 1.165) is 18.5 Å². The van der Waals surface area contributed by atoms with Crippen molar-refractivity contribution in [2.45, 2.75) is 39.7 Å². The highest BCUT2D eigenvalue weighted by molar-refractivity contribution is 7.05. The normalized spacial score (nSPS) is 12.6. The monoisotopic (exact) mass is 275 g/mol. The summed E-state index contributed by atoms with van der Waals surface area (Å²) in [6.07, 6.45) is 1.92. The van der Waals surface area contributed by atoms with Gasteiger partial charge in [-0.05, 0) is 62.0 Å². The van der Waals surface area contributed by atoms with Gasteiger partial charge in [-0.25, -0.2) is 0 Å². The van der Waals surface area contributed by atoms with Gasteiger partial charge in [0.25, 0.3) is 0 Å². The van der Waals surface area contributed by atoms with Crippen LogP contribution in [-0.4, -0.2) is 16.6 Å². The van der Waals surface area contributed by atoms with Gasteiger partial charge < -0.3 is 5.32 Å². The van der Waals surface area contributed by atoms with Gasteiger partial charge in [0.1, 0.15) is 0 Å². The van der Waals surface area contributed by atoms with E-state index in [1.165, 1.54) is 33.1 Å². The third-order valence-electron chi connectivity index (χ3n) is 3.60. The van der Waals surface area contributed by atoms with Crippen molar-refractivity contribution >= 4 is 11.5 Å². The van der Waals surface area contributed by atoms with Crippen molar-refractivity contribution in [3.8, 4) is 0 Å². The van der Waals surface area contributed by atoms with Gasteiger partial charge >= 0.3 is 0 Å². The molecule has 1 aromatic heterocycles. The fraction of sp³-hybridized carbons (Fsp3) is 0.467. The van der Waals surface area contributed by atoms with Crippen LogP contribution >= 0.6 is 11.5 Å². The Labute approximate surface area is 119 Å². The minimum Gasteiger partial charge on any atom is -0.312 e. The van der Waals surface area contributed by atoms with Crippen molar-refractivity contribution in [2.75, 3.05) is 7.05 Å². The van der Waals surface area contributed by atoms with Gasteiger partial charge in [-0.3, -0.25) is 0 Å². The van der Waals surface area contributed by atoms with Gasteiger partial charge in [-0.1, -0.05) is 29.6 Å². The number of hydrogen-bond donors (Lipinski definition) is 1. The molecule has 1 unspecified atom stereocenters. The summed E-state index contributed by atoms with van der Waals surface area (Å²) in [6.45, 7) is 6.44. The van der Waals surface area contributed by atoms with Crippen LogP contribution in [0.3, 0.4) is 0 Å². The Morgan fingerprint density at radius 1 is 1.26 bits per heavy atom. The first-order valence-corrected chi connectivity index (χ1v) is 7.47. The highest BCUT2D eigenvalue weighted by Crippen LogP contribution is 2.25. The maximum Gasteiger partial charge on any atom is 0.0801 e. The van der Waals surface area contributed by atoms with Crippen LogP contribution in [0.5, 0.6) is 0 Å². The molecular weight excluding hydrogens is 254 g/mol. The van der Waals surface area contributed by atoms with Gasteiger partial charge in [0, 0.05) is 6.04 Å². The molecule has 0 aliphatic heterocycles. The number of rotatable bonds is 5. The molecule has 19 heavy (non-hydrogen) atoms. The van der Waals surface area contributed by atoms with E-state index in [4.69, 9.17) is 0 Å². The first-order valence-electron chi connectivity index (χ1n) is 6.70. The summed E-state index contributed by atoms with van der Waals surface area (Å²) < 4.78 is 4.09. The molecule has 4 heteroatoms. The standard InChI is InChI=1S/C15H21N3S/c1-5-13-15(19-18-17-13)14(16-4)9-12-7-6-10(2)11(3)8-12/h6-8,14,16H,5,9H2,1-4H3. The summed E-state index contributed by atoms with van der Waals surface area (Å²) in [5.74, 6) is 0. The van der Waals surface area contributed by atoms with E-state index < -0.39 is 0 Å². The van der Waals surface area contributed by atoms with Crippen LogP contribution < -0.4 is 5.32 Å². The lowest BCUT2D eigenvalue weighted by molar-refractivity contribution is 0.595. The zero-order valence-electron chi connectivity index (χ0n) is 12.0. The van der Waals surface area contributed by atoms with Crippen molar-refractivity contribution in [3.05, 3.63) is 45.5 Å². The molecule has 0 fully saturated rings. The molecule has 1 N–H and O–H groups in total. The van der Waals surface area contributed by atoms with Crippen LogP contribution in [0.25, 0.3) is 0 Å².